The number of hydrogen-bond acceptors (Lipinski definition) is 5. The predicted octanol–water partition coefficient (Wildman–Crippen LogP) is 1.45. The number of esters is 1. The molecule has 0 bridgehead atoms. The Kier molecular flexibility index (Phi) is 4.30. The molecule has 0 aliphatic heterocycles. The quantitative estimate of drug-likeness (QED) is 0.473. The van der Waals surface area contributed by atoms with Gasteiger partial charge in [-0.25, -0.2) is 4.79 Å². The minimum atomic E-state index is -0.502. The summed E-state index contributed by atoms with van der Waals surface area (Å²) in [6, 6.07) is 4.29. The summed E-state index contributed by atoms with van der Waals surface area (Å²) >= 11 is 0. The van der Waals surface area contributed by atoms with Gasteiger partial charge in [0.05, 0.1) is 29.0 Å². The van der Waals surface area contributed by atoms with Crippen molar-refractivity contribution < 1.29 is 14.5 Å². The standard InChI is InChI=1S/C14H17N3O5/c1-9(13(18)22-3)6-7-16-12-8-10(17(20)21)4-5-11(12)15(2)14(16)19/h4-5,8-9H,6-7H2,1-3H3. The molecule has 1 heterocycles. The van der Waals surface area contributed by atoms with Gasteiger partial charge in [0.2, 0.25) is 0 Å². The molecule has 0 N–H and O–H groups in total. The number of carbonyl (C=O) groups excluding carboxylic acids is 1. The summed E-state index contributed by atoms with van der Waals surface area (Å²) in [5.74, 6) is -0.704. The molecule has 0 saturated heterocycles. The molecule has 8 nitrogen and oxygen atoms in total. The van der Waals surface area contributed by atoms with E-state index in [1.165, 1.54) is 28.4 Å². The smallest absolute Gasteiger partial charge is 0.328 e. The third kappa shape index (κ3) is 2.72. The van der Waals surface area contributed by atoms with Crippen LogP contribution >= 0.6 is 0 Å². The van der Waals surface area contributed by atoms with Gasteiger partial charge in [-0.3, -0.25) is 24.0 Å². The fraction of sp³-hybridized carbons (Fsp3) is 0.429. The molecule has 1 atom stereocenters. The lowest BCUT2D eigenvalue weighted by Gasteiger charge is -2.09. The first-order valence-electron chi connectivity index (χ1n) is 6.78. The van der Waals surface area contributed by atoms with Gasteiger partial charge >= 0.3 is 11.7 Å². The van der Waals surface area contributed by atoms with Gasteiger partial charge in [0.25, 0.3) is 5.69 Å². The number of non-ortho nitro benzene ring substituents is 1. The number of methoxy groups -OCH3 is 1. The molecule has 0 saturated carbocycles. The Balaban J connectivity index is 2.42. The number of fused-ring (bicyclic) bond motifs is 1. The van der Waals surface area contributed by atoms with E-state index in [4.69, 9.17) is 0 Å². The van der Waals surface area contributed by atoms with Crippen molar-refractivity contribution in [3.63, 3.8) is 0 Å². The Morgan fingerprint density at radius 2 is 2.09 bits per heavy atom. The highest BCUT2D eigenvalue weighted by Gasteiger charge is 2.18. The largest absolute Gasteiger partial charge is 0.469 e. The fourth-order valence-corrected chi connectivity index (χ4v) is 2.37. The average molecular weight is 307 g/mol. The number of nitrogens with zero attached hydrogens (tertiary/aromatic N) is 3. The number of aryl methyl sites for hydroxylation is 2. The van der Waals surface area contributed by atoms with Crippen molar-refractivity contribution in [2.24, 2.45) is 13.0 Å². The topological polar surface area (TPSA) is 96.4 Å². The van der Waals surface area contributed by atoms with E-state index in [2.05, 4.69) is 4.74 Å². The lowest BCUT2D eigenvalue weighted by atomic mass is 10.1. The van der Waals surface area contributed by atoms with Crippen molar-refractivity contribution in [3.05, 3.63) is 38.8 Å². The molecule has 118 valence electrons. The second-order valence-corrected chi connectivity index (χ2v) is 5.14. The van der Waals surface area contributed by atoms with Crippen LogP contribution in [0.15, 0.2) is 23.0 Å². The minimum Gasteiger partial charge on any atom is -0.469 e. The van der Waals surface area contributed by atoms with E-state index < -0.39 is 4.92 Å². The van der Waals surface area contributed by atoms with Gasteiger partial charge < -0.3 is 4.74 Å². The van der Waals surface area contributed by atoms with E-state index in [-0.39, 0.29) is 29.8 Å². The molecule has 22 heavy (non-hydrogen) atoms. The number of nitro benzene ring substituents is 1. The summed E-state index contributed by atoms with van der Waals surface area (Å²) in [7, 11) is 2.92. The zero-order chi connectivity index (χ0) is 16.4. The third-order valence-corrected chi connectivity index (χ3v) is 3.73. The van der Waals surface area contributed by atoms with Crippen molar-refractivity contribution in [1.82, 2.24) is 9.13 Å². The first-order chi connectivity index (χ1) is 10.4. The van der Waals surface area contributed by atoms with E-state index in [0.29, 0.717) is 17.5 Å². The van der Waals surface area contributed by atoms with Gasteiger partial charge in [-0.2, -0.15) is 0 Å². The summed E-state index contributed by atoms with van der Waals surface area (Å²) in [6.45, 7) is 2.00. The highest BCUT2D eigenvalue weighted by atomic mass is 16.6. The molecular formula is C14H17N3O5. The van der Waals surface area contributed by atoms with Crippen LogP contribution in [0.1, 0.15) is 13.3 Å². The number of hydrogen-bond donors (Lipinski definition) is 0. The van der Waals surface area contributed by atoms with Gasteiger partial charge in [0, 0.05) is 25.7 Å². The van der Waals surface area contributed by atoms with Crippen molar-refractivity contribution in [3.8, 4) is 0 Å². The van der Waals surface area contributed by atoms with Crippen molar-refractivity contribution in [2.75, 3.05) is 7.11 Å². The first-order valence-corrected chi connectivity index (χ1v) is 6.78. The number of benzene rings is 1. The van der Waals surface area contributed by atoms with E-state index >= 15 is 0 Å². The van der Waals surface area contributed by atoms with Gasteiger partial charge in [-0.15, -0.1) is 0 Å². The second kappa shape index (κ2) is 6.00. The molecular weight excluding hydrogens is 290 g/mol. The molecule has 0 aliphatic rings. The highest BCUT2D eigenvalue weighted by molar-refractivity contribution is 5.78. The number of ether oxygens (including phenoxy) is 1. The number of carbonyl (C=O) groups is 1. The number of nitro groups is 1. The fourth-order valence-electron chi connectivity index (χ4n) is 2.37. The summed E-state index contributed by atoms with van der Waals surface area (Å²) < 4.78 is 7.53. The molecule has 1 unspecified atom stereocenters. The Hall–Kier alpha value is -2.64. The normalized spacial score (nSPS) is 12.3. The van der Waals surface area contributed by atoms with Crippen LogP contribution in [-0.2, 0) is 23.1 Å². The summed E-state index contributed by atoms with van der Waals surface area (Å²) in [4.78, 5) is 34.1. The Labute approximate surface area is 126 Å². The zero-order valence-corrected chi connectivity index (χ0v) is 12.6. The lowest BCUT2D eigenvalue weighted by Crippen LogP contribution is -2.24. The second-order valence-electron chi connectivity index (χ2n) is 5.14. The zero-order valence-electron chi connectivity index (χ0n) is 12.6. The Bertz CT molecular complexity index is 790. The minimum absolute atomic E-state index is 0.0760. The molecule has 2 aromatic rings. The summed E-state index contributed by atoms with van der Waals surface area (Å²) in [5.41, 5.74) is 0.750. The van der Waals surface area contributed by atoms with Gasteiger partial charge in [0.1, 0.15) is 0 Å². The van der Waals surface area contributed by atoms with Gasteiger partial charge in [0.15, 0.2) is 0 Å². The van der Waals surface area contributed by atoms with Crippen LogP contribution in [0.2, 0.25) is 0 Å². The maximum Gasteiger partial charge on any atom is 0.328 e. The summed E-state index contributed by atoms with van der Waals surface area (Å²) in [5, 5.41) is 10.9. The maximum absolute atomic E-state index is 12.3. The molecule has 1 aromatic heterocycles. The Morgan fingerprint density at radius 1 is 1.41 bits per heavy atom. The van der Waals surface area contributed by atoms with Crippen molar-refractivity contribution in [2.45, 2.75) is 19.9 Å². The third-order valence-electron chi connectivity index (χ3n) is 3.73. The highest BCUT2D eigenvalue weighted by Crippen LogP contribution is 2.20. The van der Waals surface area contributed by atoms with Crippen LogP contribution in [0.25, 0.3) is 11.0 Å². The number of aromatic nitrogens is 2. The van der Waals surface area contributed by atoms with Gasteiger partial charge in [-0.05, 0) is 12.5 Å². The van der Waals surface area contributed by atoms with Crippen LogP contribution < -0.4 is 5.69 Å². The van der Waals surface area contributed by atoms with Crippen molar-refractivity contribution in [1.29, 1.82) is 0 Å². The SMILES string of the molecule is COC(=O)C(C)CCn1c(=O)n(C)c2ccc([N+](=O)[O-])cc21. The van der Waals surface area contributed by atoms with Crippen LogP contribution in [0.4, 0.5) is 5.69 Å². The first kappa shape index (κ1) is 15.7. The number of rotatable bonds is 5. The molecule has 2 rings (SSSR count). The molecule has 8 heteroatoms. The average Bonchev–Trinajstić information content (AvgIpc) is 2.75. The molecule has 0 fully saturated rings. The van der Waals surface area contributed by atoms with Crippen LogP contribution in [0.5, 0.6) is 0 Å². The molecule has 0 amide bonds. The molecule has 1 aromatic carbocycles. The predicted molar refractivity (Wildman–Crippen MR) is 79.6 cm³/mol. The molecule has 0 radical (unpaired) electrons. The van der Waals surface area contributed by atoms with E-state index in [1.54, 1.807) is 20.0 Å². The summed E-state index contributed by atoms with van der Waals surface area (Å²) in [6.07, 6.45) is 0.411. The molecule has 0 spiro atoms. The van der Waals surface area contributed by atoms with E-state index in [0.717, 1.165) is 0 Å². The van der Waals surface area contributed by atoms with E-state index in [9.17, 15) is 19.7 Å². The van der Waals surface area contributed by atoms with Crippen LogP contribution in [-0.4, -0.2) is 27.1 Å². The lowest BCUT2D eigenvalue weighted by molar-refractivity contribution is -0.384. The van der Waals surface area contributed by atoms with Gasteiger partial charge in [-0.1, -0.05) is 6.92 Å². The monoisotopic (exact) mass is 307 g/mol. The maximum atomic E-state index is 12.3. The number of imidazole rings is 1. The Morgan fingerprint density at radius 3 is 2.68 bits per heavy atom. The molecule has 0 aliphatic carbocycles. The van der Waals surface area contributed by atoms with E-state index in [1.807, 2.05) is 0 Å². The van der Waals surface area contributed by atoms with Crippen LogP contribution in [0.3, 0.4) is 0 Å². The van der Waals surface area contributed by atoms with Crippen molar-refractivity contribution >= 4 is 22.7 Å². The van der Waals surface area contributed by atoms with Crippen LogP contribution in [0, 0.1) is 16.0 Å².